The summed E-state index contributed by atoms with van der Waals surface area (Å²) in [5, 5.41) is 0.769. The van der Waals surface area contributed by atoms with Crippen LogP contribution in [0.15, 0.2) is 18.2 Å². The first kappa shape index (κ1) is 14.7. The maximum Gasteiger partial charge on any atom is 0.124 e. The Morgan fingerprint density at radius 3 is 2.63 bits per heavy atom. The predicted octanol–water partition coefficient (Wildman–Crippen LogP) is 4.19. The fourth-order valence-corrected chi connectivity index (χ4v) is 3.13. The Labute approximate surface area is 121 Å². The fraction of sp³-hybridized carbons (Fsp3) is 0.625. The summed E-state index contributed by atoms with van der Waals surface area (Å²) < 4.78 is 6.17. The zero-order valence-corrected chi connectivity index (χ0v) is 12.5. The number of rotatable bonds is 5. The van der Waals surface area contributed by atoms with Crippen molar-refractivity contribution in [2.45, 2.75) is 51.6 Å². The van der Waals surface area contributed by atoms with E-state index in [1.165, 1.54) is 19.3 Å². The summed E-state index contributed by atoms with van der Waals surface area (Å²) in [6, 6.07) is 5.88. The van der Waals surface area contributed by atoms with Crippen molar-refractivity contribution in [3.63, 3.8) is 0 Å². The van der Waals surface area contributed by atoms with Gasteiger partial charge in [0.15, 0.2) is 0 Å². The van der Waals surface area contributed by atoms with E-state index >= 15 is 0 Å². The Morgan fingerprint density at radius 2 is 2.00 bits per heavy atom. The number of ether oxygens (including phenoxy) is 1. The highest BCUT2D eigenvalue weighted by Gasteiger charge is 2.22. The van der Waals surface area contributed by atoms with Gasteiger partial charge in [-0.15, -0.1) is 0 Å². The third kappa shape index (κ3) is 3.87. The Kier molecular flexibility index (Phi) is 5.53. The molecule has 0 unspecified atom stereocenters. The van der Waals surface area contributed by atoms with Gasteiger partial charge in [-0.2, -0.15) is 0 Å². The van der Waals surface area contributed by atoms with Crippen molar-refractivity contribution in [2.75, 3.05) is 6.54 Å². The zero-order chi connectivity index (χ0) is 13.7. The Hall–Kier alpha value is -0.730. The van der Waals surface area contributed by atoms with Gasteiger partial charge in [0.25, 0.3) is 0 Å². The summed E-state index contributed by atoms with van der Waals surface area (Å²) in [6.45, 7) is 2.88. The molecule has 0 atom stereocenters. The van der Waals surface area contributed by atoms with Gasteiger partial charge in [-0.3, -0.25) is 0 Å². The minimum absolute atomic E-state index is 0.345. The van der Waals surface area contributed by atoms with Crippen molar-refractivity contribution in [2.24, 2.45) is 11.7 Å². The molecule has 1 aromatic carbocycles. The molecule has 1 fully saturated rings. The van der Waals surface area contributed by atoms with E-state index in [-0.39, 0.29) is 0 Å². The second-order valence-corrected chi connectivity index (χ2v) is 5.83. The summed E-state index contributed by atoms with van der Waals surface area (Å²) in [6.07, 6.45) is 7.31. The molecule has 3 heteroatoms. The van der Waals surface area contributed by atoms with Crippen LogP contribution in [0.25, 0.3) is 0 Å². The molecule has 0 bridgehead atoms. The standard InChI is InChI=1S/C16H24ClNO/c1-2-12-6-8-13(9-7-12)19-16-5-3-4-15(17)14(16)10-11-18/h3-5,12-13H,2,6-11,18H2,1H3. The molecule has 2 rings (SSSR count). The van der Waals surface area contributed by atoms with Crippen molar-refractivity contribution in [3.8, 4) is 5.75 Å². The zero-order valence-electron chi connectivity index (χ0n) is 11.7. The maximum absolute atomic E-state index is 6.24. The third-order valence-electron chi connectivity index (χ3n) is 4.13. The lowest BCUT2D eigenvalue weighted by atomic mass is 9.86. The normalized spacial score (nSPS) is 23.3. The molecule has 1 aromatic rings. The lowest BCUT2D eigenvalue weighted by Crippen LogP contribution is -2.24. The van der Waals surface area contributed by atoms with Gasteiger partial charge in [-0.05, 0) is 56.7 Å². The van der Waals surface area contributed by atoms with E-state index in [2.05, 4.69) is 6.92 Å². The minimum atomic E-state index is 0.345. The summed E-state index contributed by atoms with van der Waals surface area (Å²) in [4.78, 5) is 0. The van der Waals surface area contributed by atoms with Crippen molar-refractivity contribution < 1.29 is 4.74 Å². The first-order chi connectivity index (χ1) is 9.24. The van der Waals surface area contributed by atoms with Crippen LogP contribution in [0, 0.1) is 5.92 Å². The number of hydrogen-bond acceptors (Lipinski definition) is 2. The van der Waals surface area contributed by atoms with E-state index in [4.69, 9.17) is 22.1 Å². The van der Waals surface area contributed by atoms with E-state index < -0.39 is 0 Å². The molecular formula is C16H24ClNO. The molecule has 1 saturated carbocycles. The molecule has 1 aliphatic carbocycles. The summed E-state index contributed by atoms with van der Waals surface area (Å²) in [7, 11) is 0. The van der Waals surface area contributed by atoms with Crippen LogP contribution in [0.4, 0.5) is 0 Å². The summed E-state index contributed by atoms with van der Waals surface area (Å²) >= 11 is 6.24. The van der Waals surface area contributed by atoms with E-state index in [0.717, 1.165) is 41.5 Å². The van der Waals surface area contributed by atoms with Gasteiger partial charge >= 0.3 is 0 Å². The lowest BCUT2D eigenvalue weighted by Gasteiger charge is -2.29. The monoisotopic (exact) mass is 281 g/mol. The van der Waals surface area contributed by atoms with E-state index in [1.54, 1.807) is 0 Å². The molecule has 0 spiro atoms. The Morgan fingerprint density at radius 1 is 1.26 bits per heavy atom. The SMILES string of the molecule is CCC1CCC(Oc2cccc(Cl)c2CCN)CC1. The largest absolute Gasteiger partial charge is 0.490 e. The molecule has 106 valence electrons. The highest BCUT2D eigenvalue weighted by molar-refractivity contribution is 6.31. The summed E-state index contributed by atoms with van der Waals surface area (Å²) in [5.74, 6) is 1.82. The fourth-order valence-electron chi connectivity index (χ4n) is 2.87. The quantitative estimate of drug-likeness (QED) is 0.878. The Bertz CT molecular complexity index is 400. The van der Waals surface area contributed by atoms with Crippen molar-refractivity contribution in [1.29, 1.82) is 0 Å². The number of halogens is 1. The second kappa shape index (κ2) is 7.16. The van der Waals surface area contributed by atoms with Crippen molar-refractivity contribution in [3.05, 3.63) is 28.8 Å². The van der Waals surface area contributed by atoms with Gasteiger partial charge in [0.05, 0.1) is 6.10 Å². The van der Waals surface area contributed by atoms with Gasteiger partial charge in [0.1, 0.15) is 5.75 Å². The molecule has 2 nitrogen and oxygen atoms in total. The average Bonchev–Trinajstić information content (AvgIpc) is 2.43. The average molecular weight is 282 g/mol. The minimum Gasteiger partial charge on any atom is -0.490 e. The van der Waals surface area contributed by atoms with E-state index in [1.807, 2.05) is 18.2 Å². The van der Waals surface area contributed by atoms with Crippen LogP contribution in [0.3, 0.4) is 0 Å². The first-order valence-corrected chi connectivity index (χ1v) is 7.76. The first-order valence-electron chi connectivity index (χ1n) is 7.38. The molecule has 1 aliphatic rings. The highest BCUT2D eigenvalue weighted by Crippen LogP contribution is 2.32. The van der Waals surface area contributed by atoms with Gasteiger partial charge < -0.3 is 10.5 Å². The van der Waals surface area contributed by atoms with Gasteiger partial charge in [0, 0.05) is 10.6 Å². The molecule has 0 aromatic heterocycles. The molecule has 0 amide bonds. The molecule has 0 heterocycles. The molecular weight excluding hydrogens is 258 g/mol. The van der Waals surface area contributed by atoms with Crippen LogP contribution in [0.2, 0.25) is 5.02 Å². The van der Waals surface area contributed by atoms with Gasteiger partial charge in [-0.25, -0.2) is 0 Å². The van der Waals surface area contributed by atoms with Crippen LogP contribution in [-0.2, 0) is 6.42 Å². The topological polar surface area (TPSA) is 35.2 Å². The highest BCUT2D eigenvalue weighted by atomic mass is 35.5. The number of hydrogen-bond donors (Lipinski definition) is 1. The Balaban J connectivity index is 2.01. The van der Waals surface area contributed by atoms with Crippen LogP contribution >= 0.6 is 11.6 Å². The molecule has 19 heavy (non-hydrogen) atoms. The molecule has 0 saturated heterocycles. The maximum atomic E-state index is 6.24. The van der Waals surface area contributed by atoms with Crippen molar-refractivity contribution in [1.82, 2.24) is 0 Å². The molecule has 0 aliphatic heterocycles. The number of benzene rings is 1. The van der Waals surface area contributed by atoms with Crippen LogP contribution in [0.1, 0.15) is 44.6 Å². The van der Waals surface area contributed by atoms with E-state index in [0.29, 0.717) is 12.6 Å². The van der Waals surface area contributed by atoms with Crippen LogP contribution < -0.4 is 10.5 Å². The number of nitrogens with two attached hydrogens (primary N) is 1. The van der Waals surface area contributed by atoms with E-state index in [9.17, 15) is 0 Å². The smallest absolute Gasteiger partial charge is 0.124 e. The summed E-state index contributed by atoms with van der Waals surface area (Å²) in [5.41, 5.74) is 6.71. The second-order valence-electron chi connectivity index (χ2n) is 5.42. The third-order valence-corrected chi connectivity index (χ3v) is 4.49. The molecule has 2 N–H and O–H groups in total. The van der Waals surface area contributed by atoms with Crippen LogP contribution in [-0.4, -0.2) is 12.6 Å². The van der Waals surface area contributed by atoms with Crippen LogP contribution in [0.5, 0.6) is 5.75 Å². The van der Waals surface area contributed by atoms with Crippen molar-refractivity contribution >= 4 is 11.6 Å². The van der Waals surface area contributed by atoms with Gasteiger partial charge in [-0.1, -0.05) is 31.0 Å². The predicted molar refractivity (Wildman–Crippen MR) is 80.9 cm³/mol. The lowest BCUT2D eigenvalue weighted by molar-refractivity contribution is 0.129. The molecule has 0 radical (unpaired) electrons. The van der Waals surface area contributed by atoms with Gasteiger partial charge in [0.2, 0.25) is 0 Å².